The highest BCUT2D eigenvalue weighted by Crippen LogP contribution is 2.36. The van der Waals surface area contributed by atoms with Gasteiger partial charge in [-0.2, -0.15) is 0 Å². The molecule has 0 amide bonds. The predicted molar refractivity (Wildman–Crippen MR) is 71.7 cm³/mol. The standard InChI is InChI=1S/C11H18N6O2/c1-7(2)8-4-3-5-16(8)11-9(17(18)19)10(15-12)13-6-14-11/h6-8H,3-5,12H2,1-2H3,(H,13,14,15). The highest BCUT2D eigenvalue weighted by Gasteiger charge is 2.34. The van der Waals surface area contributed by atoms with Gasteiger partial charge < -0.3 is 10.3 Å². The Hall–Kier alpha value is -1.96. The summed E-state index contributed by atoms with van der Waals surface area (Å²) in [6, 6.07) is 0.263. The average molecular weight is 266 g/mol. The number of nitro groups is 1. The molecule has 19 heavy (non-hydrogen) atoms. The van der Waals surface area contributed by atoms with E-state index in [1.165, 1.54) is 6.33 Å². The van der Waals surface area contributed by atoms with Gasteiger partial charge in [-0.3, -0.25) is 10.1 Å². The predicted octanol–water partition coefficient (Wildman–Crippen LogP) is 1.30. The first-order valence-corrected chi connectivity index (χ1v) is 6.29. The van der Waals surface area contributed by atoms with Crippen molar-refractivity contribution in [1.82, 2.24) is 9.97 Å². The lowest BCUT2D eigenvalue weighted by molar-refractivity contribution is -0.383. The fourth-order valence-corrected chi connectivity index (χ4v) is 2.60. The van der Waals surface area contributed by atoms with Gasteiger partial charge in [-0.1, -0.05) is 13.8 Å². The second-order valence-electron chi connectivity index (χ2n) is 4.94. The summed E-state index contributed by atoms with van der Waals surface area (Å²) in [5, 5.41) is 11.2. The van der Waals surface area contributed by atoms with Crippen molar-refractivity contribution < 1.29 is 4.92 Å². The van der Waals surface area contributed by atoms with Gasteiger partial charge in [-0.05, 0) is 18.8 Å². The summed E-state index contributed by atoms with van der Waals surface area (Å²) in [4.78, 5) is 20.6. The van der Waals surface area contributed by atoms with Gasteiger partial charge in [0.2, 0.25) is 11.6 Å². The zero-order chi connectivity index (χ0) is 14.0. The van der Waals surface area contributed by atoms with Crippen molar-refractivity contribution in [2.75, 3.05) is 16.9 Å². The van der Waals surface area contributed by atoms with Crippen LogP contribution < -0.4 is 16.2 Å². The van der Waals surface area contributed by atoms with Crippen LogP contribution in [0.2, 0.25) is 0 Å². The first-order valence-electron chi connectivity index (χ1n) is 6.29. The number of nitrogens with zero attached hydrogens (tertiary/aromatic N) is 4. The van der Waals surface area contributed by atoms with Gasteiger partial charge in [0.05, 0.1) is 4.92 Å². The molecule has 0 saturated carbocycles. The Morgan fingerprint density at radius 3 is 2.89 bits per heavy atom. The van der Waals surface area contributed by atoms with Crippen LogP contribution in [-0.2, 0) is 0 Å². The number of aromatic nitrogens is 2. The fourth-order valence-electron chi connectivity index (χ4n) is 2.60. The van der Waals surface area contributed by atoms with Gasteiger partial charge in [0.1, 0.15) is 6.33 Å². The van der Waals surface area contributed by atoms with E-state index in [-0.39, 0.29) is 17.5 Å². The van der Waals surface area contributed by atoms with Crippen molar-refractivity contribution in [3.63, 3.8) is 0 Å². The minimum atomic E-state index is -0.486. The van der Waals surface area contributed by atoms with Gasteiger partial charge in [0.25, 0.3) is 0 Å². The number of hydrogen-bond donors (Lipinski definition) is 2. The van der Waals surface area contributed by atoms with Gasteiger partial charge in [-0.25, -0.2) is 15.8 Å². The summed E-state index contributed by atoms with van der Waals surface area (Å²) in [7, 11) is 0. The Balaban J connectivity index is 2.47. The summed E-state index contributed by atoms with van der Waals surface area (Å²) in [5.74, 6) is 6.09. The van der Waals surface area contributed by atoms with Gasteiger partial charge in [-0.15, -0.1) is 0 Å². The van der Waals surface area contributed by atoms with E-state index >= 15 is 0 Å². The zero-order valence-corrected chi connectivity index (χ0v) is 11.0. The Kier molecular flexibility index (Phi) is 3.79. The third-order valence-electron chi connectivity index (χ3n) is 3.46. The molecule has 1 aliphatic rings. The highest BCUT2D eigenvalue weighted by molar-refractivity contribution is 5.70. The van der Waals surface area contributed by atoms with Crippen LogP contribution in [0.4, 0.5) is 17.3 Å². The quantitative estimate of drug-likeness (QED) is 0.480. The molecule has 1 saturated heterocycles. The largest absolute Gasteiger partial charge is 0.354 e. The maximum absolute atomic E-state index is 11.2. The summed E-state index contributed by atoms with van der Waals surface area (Å²) in [5.41, 5.74) is 2.11. The summed E-state index contributed by atoms with van der Waals surface area (Å²) >= 11 is 0. The lowest BCUT2D eigenvalue weighted by Crippen LogP contribution is -2.34. The van der Waals surface area contributed by atoms with E-state index in [2.05, 4.69) is 29.2 Å². The number of nitrogen functional groups attached to an aromatic ring is 1. The van der Waals surface area contributed by atoms with Crippen LogP contribution in [0.25, 0.3) is 0 Å². The molecule has 3 N–H and O–H groups in total. The van der Waals surface area contributed by atoms with E-state index in [0.29, 0.717) is 11.7 Å². The van der Waals surface area contributed by atoms with Crippen molar-refractivity contribution in [1.29, 1.82) is 0 Å². The lowest BCUT2D eigenvalue weighted by Gasteiger charge is -2.28. The number of hydrazine groups is 1. The highest BCUT2D eigenvalue weighted by atomic mass is 16.6. The number of nitrogens with two attached hydrogens (primary N) is 1. The van der Waals surface area contributed by atoms with Crippen molar-refractivity contribution in [3.8, 4) is 0 Å². The molecule has 0 aliphatic carbocycles. The van der Waals surface area contributed by atoms with E-state index in [1.54, 1.807) is 0 Å². The Morgan fingerprint density at radius 1 is 1.58 bits per heavy atom. The molecule has 1 aliphatic heterocycles. The Labute approximate surface area is 111 Å². The summed E-state index contributed by atoms with van der Waals surface area (Å²) in [6.07, 6.45) is 3.33. The topological polar surface area (TPSA) is 110 Å². The van der Waals surface area contributed by atoms with Crippen LogP contribution in [-0.4, -0.2) is 27.5 Å². The molecule has 104 valence electrons. The van der Waals surface area contributed by atoms with Crippen LogP contribution in [0.15, 0.2) is 6.33 Å². The maximum atomic E-state index is 11.2. The second-order valence-corrected chi connectivity index (χ2v) is 4.94. The minimum absolute atomic E-state index is 0.0457. The number of anilines is 2. The number of rotatable bonds is 4. The summed E-state index contributed by atoms with van der Waals surface area (Å²) < 4.78 is 0. The van der Waals surface area contributed by atoms with Crippen LogP contribution >= 0.6 is 0 Å². The van der Waals surface area contributed by atoms with Crippen molar-refractivity contribution in [3.05, 3.63) is 16.4 Å². The first-order chi connectivity index (χ1) is 9.06. The van der Waals surface area contributed by atoms with Crippen molar-refractivity contribution in [2.45, 2.75) is 32.7 Å². The number of nitrogens with one attached hydrogen (secondary N) is 1. The van der Waals surface area contributed by atoms with Crippen LogP contribution in [0, 0.1) is 16.0 Å². The van der Waals surface area contributed by atoms with E-state index in [1.807, 2.05) is 4.90 Å². The van der Waals surface area contributed by atoms with Gasteiger partial charge >= 0.3 is 5.69 Å². The van der Waals surface area contributed by atoms with E-state index in [0.717, 1.165) is 19.4 Å². The first kappa shape index (κ1) is 13.5. The van der Waals surface area contributed by atoms with Crippen LogP contribution in [0.3, 0.4) is 0 Å². The molecule has 0 radical (unpaired) electrons. The molecular formula is C11H18N6O2. The molecule has 8 nitrogen and oxygen atoms in total. The monoisotopic (exact) mass is 266 g/mol. The fraction of sp³-hybridized carbons (Fsp3) is 0.636. The SMILES string of the molecule is CC(C)C1CCCN1c1ncnc(NN)c1[N+](=O)[O-]. The molecule has 1 unspecified atom stereocenters. The maximum Gasteiger partial charge on any atom is 0.354 e. The molecule has 2 rings (SSSR count). The minimum Gasteiger partial charge on any atom is -0.347 e. The molecule has 0 aromatic carbocycles. The Bertz CT molecular complexity index is 478. The zero-order valence-electron chi connectivity index (χ0n) is 11.0. The molecule has 1 fully saturated rings. The van der Waals surface area contributed by atoms with Crippen LogP contribution in [0.1, 0.15) is 26.7 Å². The molecular weight excluding hydrogens is 248 g/mol. The normalized spacial score (nSPS) is 18.9. The van der Waals surface area contributed by atoms with E-state index in [9.17, 15) is 10.1 Å². The van der Waals surface area contributed by atoms with Crippen molar-refractivity contribution >= 4 is 17.3 Å². The molecule has 8 heteroatoms. The molecule has 0 bridgehead atoms. The third kappa shape index (κ3) is 2.43. The van der Waals surface area contributed by atoms with E-state index < -0.39 is 4.92 Å². The van der Waals surface area contributed by atoms with Crippen LogP contribution in [0.5, 0.6) is 0 Å². The molecule has 1 atom stereocenters. The van der Waals surface area contributed by atoms with Gasteiger partial charge in [0, 0.05) is 12.6 Å². The Morgan fingerprint density at radius 2 is 2.32 bits per heavy atom. The van der Waals surface area contributed by atoms with Crippen molar-refractivity contribution in [2.24, 2.45) is 11.8 Å². The van der Waals surface area contributed by atoms with E-state index in [4.69, 9.17) is 5.84 Å². The average Bonchev–Trinajstić information content (AvgIpc) is 2.86. The lowest BCUT2D eigenvalue weighted by atomic mass is 10.0. The molecule has 1 aromatic heterocycles. The molecule has 1 aromatic rings. The molecule has 2 heterocycles. The van der Waals surface area contributed by atoms with Gasteiger partial charge in [0.15, 0.2) is 0 Å². The smallest absolute Gasteiger partial charge is 0.347 e. The summed E-state index contributed by atoms with van der Waals surface area (Å²) in [6.45, 7) is 4.99. The third-order valence-corrected chi connectivity index (χ3v) is 3.46. The second kappa shape index (κ2) is 5.35. The number of hydrogen-bond acceptors (Lipinski definition) is 7. The molecule has 0 spiro atoms.